The maximum absolute atomic E-state index is 10.9. The molecule has 1 aromatic heterocycles. The van der Waals surface area contributed by atoms with Gasteiger partial charge in [-0.3, -0.25) is 0 Å². The molecule has 2 rings (SSSR count). The topological polar surface area (TPSA) is 82.5 Å². The first-order chi connectivity index (χ1) is 8.18. The van der Waals surface area contributed by atoms with Crippen LogP contribution in [0.3, 0.4) is 0 Å². The van der Waals surface area contributed by atoms with E-state index in [-0.39, 0.29) is 17.7 Å². The van der Waals surface area contributed by atoms with Gasteiger partial charge in [-0.15, -0.1) is 0 Å². The van der Waals surface area contributed by atoms with Crippen LogP contribution >= 0.6 is 0 Å². The highest BCUT2D eigenvalue weighted by atomic mass is 16.4. The third kappa shape index (κ3) is 2.74. The van der Waals surface area contributed by atoms with E-state index in [0.29, 0.717) is 12.2 Å². The number of anilines is 1. The number of pyridine rings is 1. The normalized spacial score (nSPS) is 23.6. The van der Waals surface area contributed by atoms with Gasteiger partial charge in [0.15, 0.2) is 5.69 Å². The Morgan fingerprint density at radius 3 is 3.00 bits per heavy atom. The number of rotatable bonds is 4. The molecule has 1 aromatic rings. The number of aliphatic hydroxyl groups is 1. The summed E-state index contributed by atoms with van der Waals surface area (Å²) in [4.78, 5) is 14.7. The Balaban J connectivity index is 2.01. The molecule has 0 aliphatic heterocycles. The molecule has 1 fully saturated rings. The van der Waals surface area contributed by atoms with Crippen LogP contribution in [0.4, 0.5) is 5.69 Å². The predicted molar refractivity (Wildman–Crippen MR) is 63.0 cm³/mol. The SMILES string of the molecule is O=C(O)c1ncccc1NCC1CCCC1O. The highest BCUT2D eigenvalue weighted by Crippen LogP contribution is 2.26. The molecular formula is C12H16N2O3. The number of hydrogen-bond acceptors (Lipinski definition) is 4. The van der Waals surface area contributed by atoms with Gasteiger partial charge in [0, 0.05) is 18.7 Å². The minimum absolute atomic E-state index is 0.0278. The van der Waals surface area contributed by atoms with Crippen molar-refractivity contribution in [3.63, 3.8) is 0 Å². The van der Waals surface area contributed by atoms with E-state index in [9.17, 15) is 9.90 Å². The zero-order valence-corrected chi connectivity index (χ0v) is 9.47. The van der Waals surface area contributed by atoms with E-state index in [4.69, 9.17) is 5.11 Å². The Bertz CT molecular complexity index is 408. The van der Waals surface area contributed by atoms with Crippen LogP contribution in [0.5, 0.6) is 0 Å². The summed E-state index contributed by atoms with van der Waals surface area (Å²) in [5.74, 6) is -0.836. The number of carboxylic acids is 1. The predicted octanol–water partition coefficient (Wildman–Crippen LogP) is 1.35. The molecule has 17 heavy (non-hydrogen) atoms. The molecule has 0 bridgehead atoms. The number of hydrogen-bond donors (Lipinski definition) is 3. The third-order valence-corrected chi connectivity index (χ3v) is 3.18. The summed E-state index contributed by atoms with van der Waals surface area (Å²) in [6, 6.07) is 3.39. The maximum Gasteiger partial charge on any atom is 0.356 e. The Hall–Kier alpha value is -1.62. The van der Waals surface area contributed by atoms with E-state index < -0.39 is 5.97 Å². The van der Waals surface area contributed by atoms with Gasteiger partial charge in [0.05, 0.1) is 11.8 Å². The average molecular weight is 236 g/mol. The van der Waals surface area contributed by atoms with Crippen molar-refractivity contribution >= 4 is 11.7 Å². The van der Waals surface area contributed by atoms with Gasteiger partial charge >= 0.3 is 5.97 Å². The summed E-state index contributed by atoms with van der Waals surface area (Å²) >= 11 is 0. The zero-order valence-electron chi connectivity index (χ0n) is 9.47. The summed E-state index contributed by atoms with van der Waals surface area (Å²) in [5, 5.41) is 21.7. The van der Waals surface area contributed by atoms with Crippen LogP contribution < -0.4 is 5.32 Å². The number of aromatic carboxylic acids is 1. The molecule has 1 saturated carbocycles. The second kappa shape index (κ2) is 5.14. The molecule has 5 heteroatoms. The summed E-state index contributed by atoms with van der Waals surface area (Å²) < 4.78 is 0. The Morgan fingerprint density at radius 2 is 2.35 bits per heavy atom. The van der Waals surface area contributed by atoms with Crippen LogP contribution in [0.2, 0.25) is 0 Å². The molecule has 0 saturated heterocycles. The number of aromatic nitrogens is 1. The summed E-state index contributed by atoms with van der Waals surface area (Å²) in [5.41, 5.74) is 0.541. The quantitative estimate of drug-likeness (QED) is 0.735. The fourth-order valence-electron chi connectivity index (χ4n) is 2.21. The van der Waals surface area contributed by atoms with Crippen molar-refractivity contribution in [2.75, 3.05) is 11.9 Å². The van der Waals surface area contributed by atoms with Crippen molar-refractivity contribution < 1.29 is 15.0 Å². The molecule has 2 unspecified atom stereocenters. The van der Waals surface area contributed by atoms with E-state index >= 15 is 0 Å². The molecule has 2 atom stereocenters. The van der Waals surface area contributed by atoms with Crippen molar-refractivity contribution in [1.82, 2.24) is 4.98 Å². The lowest BCUT2D eigenvalue weighted by Crippen LogP contribution is -2.22. The Labute approximate surface area is 99.5 Å². The van der Waals surface area contributed by atoms with E-state index in [2.05, 4.69) is 10.3 Å². The standard InChI is InChI=1S/C12H16N2O3/c15-10-5-1-3-8(10)7-14-9-4-2-6-13-11(9)12(16)17/h2,4,6,8,10,14-15H,1,3,5,7H2,(H,16,17). The van der Waals surface area contributed by atoms with E-state index in [0.717, 1.165) is 19.3 Å². The van der Waals surface area contributed by atoms with E-state index in [1.54, 1.807) is 12.1 Å². The van der Waals surface area contributed by atoms with Crippen LogP contribution in [0.25, 0.3) is 0 Å². The van der Waals surface area contributed by atoms with Gasteiger partial charge in [0.1, 0.15) is 0 Å². The lowest BCUT2D eigenvalue weighted by atomic mass is 10.1. The van der Waals surface area contributed by atoms with E-state index in [1.165, 1.54) is 6.20 Å². The number of aliphatic hydroxyl groups excluding tert-OH is 1. The first-order valence-electron chi connectivity index (χ1n) is 5.78. The van der Waals surface area contributed by atoms with Crippen molar-refractivity contribution in [3.05, 3.63) is 24.0 Å². The lowest BCUT2D eigenvalue weighted by molar-refractivity contribution is 0.0691. The maximum atomic E-state index is 10.9. The summed E-state index contributed by atoms with van der Waals surface area (Å²) in [7, 11) is 0. The summed E-state index contributed by atoms with van der Waals surface area (Å²) in [6.45, 7) is 0.590. The fourth-order valence-corrected chi connectivity index (χ4v) is 2.21. The largest absolute Gasteiger partial charge is 0.476 e. The third-order valence-electron chi connectivity index (χ3n) is 3.18. The molecule has 0 spiro atoms. The molecule has 0 amide bonds. The molecule has 1 aliphatic rings. The minimum Gasteiger partial charge on any atom is -0.476 e. The van der Waals surface area contributed by atoms with Crippen molar-refractivity contribution in [2.45, 2.75) is 25.4 Å². The van der Waals surface area contributed by atoms with Crippen LogP contribution in [-0.4, -0.2) is 33.8 Å². The second-order valence-corrected chi connectivity index (χ2v) is 4.34. The molecule has 5 nitrogen and oxygen atoms in total. The van der Waals surface area contributed by atoms with Crippen molar-refractivity contribution in [1.29, 1.82) is 0 Å². The number of nitrogens with zero attached hydrogens (tertiary/aromatic N) is 1. The second-order valence-electron chi connectivity index (χ2n) is 4.34. The van der Waals surface area contributed by atoms with Crippen LogP contribution in [-0.2, 0) is 0 Å². The van der Waals surface area contributed by atoms with Crippen LogP contribution in [0.15, 0.2) is 18.3 Å². The smallest absolute Gasteiger partial charge is 0.356 e. The molecular weight excluding hydrogens is 220 g/mol. The Kier molecular flexibility index (Phi) is 3.58. The van der Waals surface area contributed by atoms with Gasteiger partial charge in [0.2, 0.25) is 0 Å². The monoisotopic (exact) mass is 236 g/mol. The molecule has 0 radical (unpaired) electrons. The van der Waals surface area contributed by atoms with Crippen molar-refractivity contribution in [2.24, 2.45) is 5.92 Å². The lowest BCUT2D eigenvalue weighted by Gasteiger charge is -2.16. The van der Waals surface area contributed by atoms with Gasteiger partial charge in [-0.25, -0.2) is 9.78 Å². The fraction of sp³-hybridized carbons (Fsp3) is 0.500. The molecule has 92 valence electrons. The first kappa shape index (κ1) is 11.9. The zero-order chi connectivity index (χ0) is 12.3. The highest BCUT2D eigenvalue weighted by Gasteiger charge is 2.25. The average Bonchev–Trinajstić information content (AvgIpc) is 2.72. The van der Waals surface area contributed by atoms with Crippen LogP contribution in [0.1, 0.15) is 29.8 Å². The molecule has 1 aliphatic carbocycles. The Morgan fingerprint density at radius 1 is 1.53 bits per heavy atom. The molecule has 1 heterocycles. The molecule has 3 N–H and O–H groups in total. The number of nitrogens with one attached hydrogen (secondary N) is 1. The van der Waals surface area contributed by atoms with Gasteiger partial charge in [-0.2, -0.15) is 0 Å². The van der Waals surface area contributed by atoms with Gasteiger partial charge in [-0.1, -0.05) is 6.42 Å². The van der Waals surface area contributed by atoms with Crippen LogP contribution in [0, 0.1) is 5.92 Å². The van der Waals surface area contributed by atoms with Crippen molar-refractivity contribution in [3.8, 4) is 0 Å². The highest BCUT2D eigenvalue weighted by molar-refractivity contribution is 5.91. The first-order valence-corrected chi connectivity index (χ1v) is 5.78. The van der Waals surface area contributed by atoms with Gasteiger partial charge in [0.25, 0.3) is 0 Å². The van der Waals surface area contributed by atoms with Gasteiger partial charge < -0.3 is 15.5 Å². The van der Waals surface area contributed by atoms with E-state index in [1.807, 2.05) is 0 Å². The number of carboxylic acid groups (broad SMARTS) is 1. The van der Waals surface area contributed by atoms with Gasteiger partial charge in [-0.05, 0) is 25.0 Å². The summed E-state index contributed by atoms with van der Waals surface area (Å²) in [6.07, 6.45) is 4.04. The molecule has 0 aromatic carbocycles. The minimum atomic E-state index is -1.04. The number of carbonyl (C=O) groups is 1.